The molecular formula is C18H18BrN. The van der Waals surface area contributed by atoms with Crippen molar-refractivity contribution in [3.8, 4) is 0 Å². The molecule has 2 aromatic carbocycles. The summed E-state index contributed by atoms with van der Waals surface area (Å²) in [5.74, 6) is 0.436. The van der Waals surface area contributed by atoms with Crippen LogP contribution in [0.15, 0.2) is 65.2 Å². The van der Waals surface area contributed by atoms with Crippen molar-refractivity contribution in [3.63, 3.8) is 0 Å². The molecule has 0 spiro atoms. The van der Waals surface area contributed by atoms with Gasteiger partial charge in [-0.2, -0.15) is 0 Å². The number of hydrogen-bond acceptors (Lipinski definition) is 1. The van der Waals surface area contributed by atoms with Crippen molar-refractivity contribution in [1.82, 2.24) is 0 Å². The van der Waals surface area contributed by atoms with Crippen molar-refractivity contribution in [3.05, 3.63) is 76.3 Å². The van der Waals surface area contributed by atoms with Crippen LogP contribution in [0.4, 0.5) is 5.69 Å². The molecule has 102 valence electrons. The summed E-state index contributed by atoms with van der Waals surface area (Å²) in [6.07, 6.45) is 1.05. The lowest BCUT2D eigenvalue weighted by Gasteiger charge is -2.35. The molecule has 0 bridgehead atoms. The van der Waals surface area contributed by atoms with Crippen LogP contribution >= 0.6 is 15.9 Å². The standard InChI is InChI=1S/C18H18BrN/c1-12(2)16-11-14-5-3-4-6-17(14)20-18(16)13-7-9-15(19)10-8-13/h3-10,16,18,20H,1,11H2,2H3/t16-,18+/m1/s1. The second-order valence-electron chi connectivity index (χ2n) is 5.49. The van der Waals surface area contributed by atoms with Gasteiger partial charge in [0.1, 0.15) is 0 Å². The SMILES string of the molecule is C=C(C)[C@H]1Cc2ccccc2N[C@H]1c1ccc(Br)cc1. The third-order valence-electron chi connectivity index (χ3n) is 4.03. The van der Waals surface area contributed by atoms with Gasteiger partial charge in [-0.1, -0.05) is 58.4 Å². The number of hydrogen-bond donors (Lipinski definition) is 1. The molecule has 1 aliphatic rings. The molecule has 0 aromatic heterocycles. The fourth-order valence-corrected chi connectivity index (χ4v) is 3.17. The molecule has 0 aliphatic carbocycles. The van der Waals surface area contributed by atoms with Crippen LogP contribution in [0.3, 0.4) is 0 Å². The zero-order chi connectivity index (χ0) is 14.1. The van der Waals surface area contributed by atoms with Crippen LogP contribution in [-0.4, -0.2) is 0 Å². The fourth-order valence-electron chi connectivity index (χ4n) is 2.91. The maximum absolute atomic E-state index is 4.20. The predicted octanol–water partition coefficient (Wildman–Crippen LogP) is 5.35. The average Bonchev–Trinajstić information content (AvgIpc) is 2.46. The molecule has 1 N–H and O–H groups in total. The Labute approximate surface area is 128 Å². The first-order valence-corrected chi connectivity index (χ1v) is 7.70. The van der Waals surface area contributed by atoms with Gasteiger partial charge in [0.2, 0.25) is 0 Å². The molecule has 0 unspecified atom stereocenters. The van der Waals surface area contributed by atoms with Crippen molar-refractivity contribution < 1.29 is 0 Å². The highest BCUT2D eigenvalue weighted by molar-refractivity contribution is 9.10. The summed E-state index contributed by atoms with van der Waals surface area (Å²) >= 11 is 3.50. The monoisotopic (exact) mass is 327 g/mol. The summed E-state index contributed by atoms with van der Waals surface area (Å²) in [7, 11) is 0. The summed E-state index contributed by atoms with van der Waals surface area (Å²) in [4.78, 5) is 0. The lowest BCUT2D eigenvalue weighted by molar-refractivity contribution is 0.505. The van der Waals surface area contributed by atoms with E-state index in [1.54, 1.807) is 0 Å². The van der Waals surface area contributed by atoms with Gasteiger partial charge in [-0.25, -0.2) is 0 Å². The Morgan fingerprint density at radius 2 is 1.85 bits per heavy atom. The molecule has 2 aromatic rings. The molecule has 1 heterocycles. The van der Waals surface area contributed by atoms with Gasteiger partial charge in [-0.15, -0.1) is 0 Å². The Morgan fingerprint density at radius 3 is 2.55 bits per heavy atom. The van der Waals surface area contributed by atoms with E-state index in [4.69, 9.17) is 0 Å². The third-order valence-corrected chi connectivity index (χ3v) is 4.56. The van der Waals surface area contributed by atoms with E-state index in [9.17, 15) is 0 Å². The van der Waals surface area contributed by atoms with Crippen LogP contribution < -0.4 is 5.32 Å². The van der Waals surface area contributed by atoms with Crippen LogP contribution in [0, 0.1) is 5.92 Å². The van der Waals surface area contributed by atoms with Gasteiger partial charge in [0.25, 0.3) is 0 Å². The largest absolute Gasteiger partial charge is 0.377 e. The van der Waals surface area contributed by atoms with E-state index in [-0.39, 0.29) is 0 Å². The number of benzene rings is 2. The minimum atomic E-state index is 0.301. The maximum Gasteiger partial charge on any atom is 0.0582 e. The second-order valence-corrected chi connectivity index (χ2v) is 6.40. The maximum atomic E-state index is 4.20. The Bertz CT molecular complexity index is 630. The van der Waals surface area contributed by atoms with Crippen molar-refractivity contribution in [1.29, 1.82) is 0 Å². The number of para-hydroxylation sites is 1. The summed E-state index contributed by atoms with van der Waals surface area (Å²) < 4.78 is 1.12. The number of fused-ring (bicyclic) bond motifs is 1. The van der Waals surface area contributed by atoms with Crippen molar-refractivity contribution in [2.75, 3.05) is 5.32 Å². The normalized spacial score (nSPS) is 20.9. The minimum Gasteiger partial charge on any atom is -0.377 e. The van der Waals surface area contributed by atoms with Gasteiger partial charge in [0.15, 0.2) is 0 Å². The first-order chi connectivity index (χ1) is 9.65. The molecule has 0 amide bonds. The van der Waals surface area contributed by atoms with Crippen LogP contribution in [0.25, 0.3) is 0 Å². The number of anilines is 1. The van der Waals surface area contributed by atoms with Crippen molar-refractivity contribution in [2.24, 2.45) is 5.92 Å². The average molecular weight is 328 g/mol. The highest BCUT2D eigenvalue weighted by Gasteiger charge is 2.29. The van der Waals surface area contributed by atoms with E-state index in [2.05, 4.69) is 83.3 Å². The molecule has 0 radical (unpaired) electrons. The molecule has 0 fully saturated rings. The Kier molecular flexibility index (Phi) is 3.66. The Hall–Kier alpha value is -1.54. The number of halogens is 1. The second kappa shape index (κ2) is 5.45. The summed E-state index contributed by atoms with van der Waals surface area (Å²) in [6, 6.07) is 17.4. The molecule has 20 heavy (non-hydrogen) atoms. The smallest absolute Gasteiger partial charge is 0.0582 e. The quantitative estimate of drug-likeness (QED) is 0.733. The predicted molar refractivity (Wildman–Crippen MR) is 89.0 cm³/mol. The fraction of sp³-hybridized carbons (Fsp3) is 0.222. The number of nitrogens with one attached hydrogen (secondary N) is 1. The van der Waals surface area contributed by atoms with Crippen LogP contribution in [-0.2, 0) is 6.42 Å². The molecule has 1 nitrogen and oxygen atoms in total. The van der Waals surface area contributed by atoms with Gasteiger partial charge in [0.05, 0.1) is 6.04 Å². The van der Waals surface area contributed by atoms with Gasteiger partial charge in [0, 0.05) is 16.1 Å². The Morgan fingerprint density at radius 1 is 1.15 bits per heavy atom. The minimum absolute atomic E-state index is 0.301. The zero-order valence-electron chi connectivity index (χ0n) is 11.6. The van der Waals surface area contributed by atoms with E-state index < -0.39 is 0 Å². The highest BCUT2D eigenvalue weighted by Crippen LogP contribution is 2.39. The topological polar surface area (TPSA) is 12.0 Å². The molecular weight excluding hydrogens is 310 g/mol. The summed E-state index contributed by atoms with van der Waals surface area (Å²) in [6.45, 7) is 6.33. The summed E-state index contributed by atoms with van der Waals surface area (Å²) in [5, 5.41) is 3.69. The zero-order valence-corrected chi connectivity index (χ0v) is 13.2. The Balaban J connectivity index is 2.00. The molecule has 2 heteroatoms. The van der Waals surface area contributed by atoms with Gasteiger partial charge < -0.3 is 5.32 Å². The van der Waals surface area contributed by atoms with E-state index in [0.29, 0.717) is 12.0 Å². The van der Waals surface area contributed by atoms with Crippen LogP contribution in [0.1, 0.15) is 24.1 Å². The van der Waals surface area contributed by atoms with Gasteiger partial charge in [-0.3, -0.25) is 0 Å². The molecule has 0 saturated carbocycles. The highest BCUT2D eigenvalue weighted by atomic mass is 79.9. The molecule has 0 saturated heterocycles. The van der Waals surface area contributed by atoms with E-state index in [0.717, 1.165) is 10.9 Å². The summed E-state index contributed by atoms with van der Waals surface area (Å²) in [5.41, 5.74) is 5.18. The first kappa shape index (κ1) is 13.4. The van der Waals surface area contributed by atoms with E-state index >= 15 is 0 Å². The third kappa shape index (κ3) is 2.53. The van der Waals surface area contributed by atoms with Gasteiger partial charge >= 0.3 is 0 Å². The lowest BCUT2D eigenvalue weighted by atomic mass is 9.80. The lowest BCUT2D eigenvalue weighted by Crippen LogP contribution is -2.28. The van der Waals surface area contributed by atoms with Crippen molar-refractivity contribution >= 4 is 21.6 Å². The molecule has 3 rings (SSSR count). The number of rotatable bonds is 2. The van der Waals surface area contributed by atoms with E-state index in [1.807, 2.05) is 0 Å². The van der Waals surface area contributed by atoms with Gasteiger partial charge in [-0.05, 0) is 42.7 Å². The first-order valence-electron chi connectivity index (χ1n) is 6.90. The van der Waals surface area contributed by atoms with Crippen LogP contribution in [0.5, 0.6) is 0 Å². The molecule has 2 atom stereocenters. The van der Waals surface area contributed by atoms with E-state index in [1.165, 1.54) is 22.4 Å². The van der Waals surface area contributed by atoms with Crippen LogP contribution in [0.2, 0.25) is 0 Å². The molecule has 1 aliphatic heterocycles. The van der Waals surface area contributed by atoms with Crippen molar-refractivity contribution in [2.45, 2.75) is 19.4 Å².